The van der Waals surface area contributed by atoms with Crippen molar-refractivity contribution in [2.24, 2.45) is 0 Å². The minimum Gasteiger partial charge on any atom is -0.347 e. The second-order valence-electron chi connectivity index (χ2n) is 5.34. The van der Waals surface area contributed by atoms with Gasteiger partial charge in [-0.2, -0.15) is 0 Å². The number of rotatable bonds is 4. The predicted molar refractivity (Wildman–Crippen MR) is 81.1 cm³/mol. The number of quaternary nitrogens is 1. The summed E-state index contributed by atoms with van der Waals surface area (Å²) in [5, 5.41) is 3.61. The Labute approximate surface area is 129 Å². The Hall–Kier alpha value is -1.59. The fourth-order valence-corrected chi connectivity index (χ4v) is 2.53. The Morgan fingerprint density at radius 2 is 1.86 bits per heavy atom. The van der Waals surface area contributed by atoms with Crippen LogP contribution in [-0.4, -0.2) is 49.4 Å². The number of nitrogens with zero attached hydrogens (tertiary/aromatic N) is 1. The van der Waals surface area contributed by atoms with Crippen LogP contribution in [0.5, 0.6) is 0 Å². The molecule has 0 bridgehead atoms. The molecule has 0 aromatic heterocycles. The molecule has 0 aliphatic carbocycles. The van der Waals surface area contributed by atoms with Crippen molar-refractivity contribution >= 4 is 23.4 Å². The normalized spacial score (nSPS) is 15.8. The van der Waals surface area contributed by atoms with E-state index in [1.165, 1.54) is 4.90 Å². The largest absolute Gasteiger partial charge is 0.347 e. The minimum absolute atomic E-state index is 0.0382. The maximum atomic E-state index is 11.9. The van der Waals surface area contributed by atoms with Crippen LogP contribution in [-0.2, 0) is 16.1 Å². The molecular formula is C15H21ClN3O2+. The lowest BCUT2D eigenvalue weighted by molar-refractivity contribution is -0.896. The fourth-order valence-electron chi connectivity index (χ4n) is 2.41. The van der Waals surface area contributed by atoms with Crippen molar-refractivity contribution in [3.8, 4) is 0 Å². The summed E-state index contributed by atoms with van der Waals surface area (Å²) in [4.78, 5) is 26.2. The topological polar surface area (TPSA) is 53.9 Å². The molecule has 2 amide bonds. The standard InChI is InChI=1S/C15H20ClN3O2/c1-12(20)19-8-6-18(7-9-19)11-15(21)17-10-13-2-4-14(16)5-3-13/h2-5H,6-11H2,1H3,(H,17,21)/p+1. The molecule has 1 aliphatic rings. The van der Waals surface area contributed by atoms with Crippen LogP contribution in [0.25, 0.3) is 0 Å². The van der Waals surface area contributed by atoms with Gasteiger partial charge < -0.3 is 15.1 Å². The molecule has 0 radical (unpaired) electrons. The summed E-state index contributed by atoms with van der Waals surface area (Å²) in [5.41, 5.74) is 1.03. The van der Waals surface area contributed by atoms with E-state index in [9.17, 15) is 9.59 Å². The summed E-state index contributed by atoms with van der Waals surface area (Å²) in [5.74, 6) is 0.150. The van der Waals surface area contributed by atoms with Gasteiger partial charge in [0.2, 0.25) is 5.91 Å². The first kappa shape index (κ1) is 15.8. The summed E-state index contributed by atoms with van der Waals surface area (Å²) >= 11 is 5.82. The molecule has 2 rings (SSSR count). The van der Waals surface area contributed by atoms with E-state index in [-0.39, 0.29) is 11.8 Å². The third-order valence-corrected chi connectivity index (χ3v) is 3.98. The maximum absolute atomic E-state index is 11.9. The molecule has 114 valence electrons. The molecule has 21 heavy (non-hydrogen) atoms. The van der Waals surface area contributed by atoms with Gasteiger partial charge in [0.15, 0.2) is 6.54 Å². The van der Waals surface area contributed by atoms with Gasteiger partial charge in [0.1, 0.15) is 0 Å². The van der Waals surface area contributed by atoms with Gasteiger partial charge in [-0.05, 0) is 17.7 Å². The van der Waals surface area contributed by atoms with Gasteiger partial charge in [-0.25, -0.2) is 0 Å². The highest BCUT2D eigenvalue weighted by Crippen LogP contribution is 2.08. The van der Waals surface area contributed by atoms with Crippen molar-refractivity contribution in [3.05, 3.63) is 34.9 Å². The first-order chi connectivity index (χ1) is 10.0. The van der Waals surface area contributed by atoms with Crippen LogP contribution in [0.2, 0.25) is 5.02 Å². The Morgan fingerprint density at radius 1 is 1.24 bits per heavy atom. The van der Waals surface area contributed by atoms with Gasteiger partial charge in [-0.3, -0.25) is 9.59 Å². The van der Waals surface area contributed by atoms with Crippen LogP contribution in [0, 0.1) is 0 Å². The van der Waals surface area contributed by atoms with Gasteiger partial charge in [0.25, 0.3) is 5.91 Å². The fraction of sp³-hybridized carbons (Fsp3) is 0.467. The lowest BCUT2D eigenvalue weighted by Gasteiger charge is -2.31. The number of halogens is 1. The number of nitrogens with one attached hydrogen (secondary N) is 2. The van der Waals surface area contributed by atoms with Crippen molar-refractivity contribution in [3.63, 3.8) is 0 Å². The molecule has 6 heteroatoms. The summed E-state index contributed by atoms with van der Waals surface area (Å²) in [6.07, 6.45) is 0. The zero-order chi connectivity index (χ0) is 15.2. The zero-order valence-electron chi connectivity index (χ0n) is 12.2. The molecule has 1 heterocycles. The number of benzene rings is 1. The smallest absolute Gasteiger partial charge is 0.275 e. The van der Waals surface area contributed by atoms with E-state index in [2.05, 4.69) is 5.32 Å². The Kier molecular flexibility index (Phi) is 5.59. The number of piperazine rings is 1. The number of hydrogen-bond acceptors (Lipinski definition) is 2. The van der Waals surface area contributed by atoms with Gasteiger partial charge in [0.05, 0.1) is 26.2 Å². The Bertz CT molecular complexity index is 496. The summed E-state index contributed by atoms with van der Waals surface area (Å²) in [7, 11) is 0. The van der Waals surface area contributed by atoms with Gasteiger partial charge in [-0.1, -0.05) is 23.7 Å². The third kappa shape index (κ3) is 5.02. The second kappa shape index (κ2) is 7.43. The molecule has 1 saturated heterocycles. The van der Waals surface area contributed by atoms with Crippen LogP contribution < -0.4 is 10.2 Å². The summed E-state index contributed by atoms with van der Waals surface area (Å²) < 4.78 is 0. The van der Waals surface area contributed by atoms with Crippen LogP contribution in [0.4, 0.5) is 0 Å². The number of carbonyl (C=O) groups excluding carboxylic acids is 2. The highest BCUT2D eigenvalue weighted by molar-refractivity contribution is 6.30. The van der Waals surface area contributed by atoms with E-state index in [4.69, 9.17) is 11.6 Å². The van der Waals surface area contributed by atoms with Crippen LogP contribution in [0.1, 0.15) is 12.5 Å². The summed E-state index contributed by atoms with van der Waals surface area (Å²) in [6.45, 7) is 5.68. The van der Waals surface area contributed by atoms with E-state index < -0.39 is 0 Å². The van der Waals surface area contributed by atoms with E-state index in [1.54, 1.807) is 6.92 Å². The SMILES string of the molecule is CC(=O)N1CC[NH+](CC(=O)NCc2ccc(Cl)cc2)CC1. The van der Waals surface area contributed by atoms with E-state index >= 15 is 0 Å². The van der Waals surface area contributed by atoms with Crippen molar-refractivity contribution in [2.45, 2.75) is 13.5 Å². The molecule has 0 atom stereocenters. The second-order valence-corrected chi connectivity index (χ2v) is 5.77. The number of carbonyl (C=O) groups is 2. The Morgan fingerprint density at radius 3 is 2.43 bits per heavy atom. The molecule has 5 nitrogen and oxygen atoms in total. The number of hydrogen-bond donors (Lipinski definition) is 2. The van der Waals surface area contributed by atoms with Crippen molar-refractivity contribution in [1.82, 2.24) is 10.2 Å². The van der Waals surface area contributed by atoms with Gasteiger partial charge >= 0.3 is 0 Å². The minimum atomic E-state index is 0.0382. The van der Waals surface area contributed by atoms with Crippen molar-refractivity contribution in [1.29, 1.82) is 0 Å². The van der Waals surface area contributed by atoms with Gasteiger partial charge in [-0.15, -0.1) is 0 Å². The van der Waals surface area contributed by atoms with E-state index in [0.717, 1.165) is 31.7 Å². The molecule has 0 spiro atoms. The maximum Gasteiger partial charge on any atom is 0.275 e. The first-order valence-corrected chi connectivity index (χ1v) is 7.52. The zero-order valence-corrected chi connectivity index (χ0v) is 12.9. The quantitative estimate of drug-likeness (QED) is 0.802. The van der Waals surface area contributed by atoms with Crippen LogP contribution in [0.15, 0.2) is 24.3 Å². The Balaban J connectivity index is 1.70. The molecule has 1 aliphatic heterocycles. The molecule has 0 unspecified atom stereocenters. The van der Waals surface area contributed by atoms with Crippen molar-refractivity contribution < 1.29 is 14.5 Å². The van der Waals surface area contributed by atoms with Crippen molar-refractivity contribution in [2.75, 3.05) is 32.7 Å². The molecule has 1 fully saturated rings. The lowest BCUT2D eigenvalue weighted by atomic mass is 10.2. The lowest BCUT2D eigenvalue weighted by Crippen LogP contribution is -3.15. The van der Waals surface area contributed by atoms with E-state index in [1.807, 2.05) is 29.2 Å². The molecule has 0 saturated carbocycles. The summed E-state index contributed by atoms with van der Waals surface area (Å²) in [6, 6.07) is 7.44. The molecule has 1 aromatic carbocycles. The molecular weight excluding hydrogens is 290 g/mol. The highest BCUT2D eigenvalue weighted by Gasteiger charge is 2.23. The average Bonchev–Trinajstić information content (AvgIpc) is 2.47. The third-order valence-electron chi connectivity index (χ3n) is 3.73. The van der Waals surface area contributed by atoms with Crippen LogP contribution >= 0.6 is 11.6 Å². The number of amides is 2. The first-order valence-electron chi connectivity index (χ1n) is 7.15. The van der Waals surface area contributed by atoms with E-state index in [0.29, 0.717) is 18.1 Å². The monoisotopic (exact) mass is 310 g/mol. The van der Waals surface area contributed by atoms with Crippen LogP contribution in [0.3, 0.4) is 0 Å². The molecule has 1 aromatic rings. The van der Waals surface area contributed by atoms with Gasteiger partial charge in [0, 0.05) is 18.5 Å². The average molecular weight is 311 g/mol. The molecule has 2 N–H and O–H groups in total. The predicted octanol–water partition coefficient (Wildman–Crippen LogP) is -0.297. The highest BCUT2D eigenvalue weighted by atomic mass is 35.5.